The molecule has 98 valence electrons. The summed E-state index contributed by atoms with van der Waals surface area (Å²) in [5, 5.41) is 18.2. The number of nitrogens with zero attached hydrogens (tertiary/aromatic N) is 3. The van der Waals surface area contributed by atoms with E-state index in [9.17, 15) is 10.1 Å². The molecule has 0 aliphatic carbocycles. The predicted octanol–water partition coefficient (Wildman–Crippen LogP) is 3.95. The van der Waals surface area contributed by atoms with Gasteiger partial charge >= 0.3 is 0 Å². The highest BCUT2D eigenvalue weighted by molar-refractivity contribution is 5.47. The second-order valence-electron chi connectivity index (χ2n) is 3.94. The van der Waals surface area contributed by atoms with Gasteiger partial charge in [0.05, 0.1) is 17.2 Å². The number of benzene rings is 1. The molecule has 0 aromatic heterocycles. The van der Waals surface area contributed by atoms with Crippen LogP contribution in [0.2, 0.25) is 0 Å². The summed E-state index contributed by atoms with van der Waals surface area (Å²) in [5.41, 5.74) is 3.50. The first-order chi connectivity index (χ1) is 8.74. The van der Waals surface area contributed by atoms with Crippen molar-refractivity contribution in [1.29, 1.82) is 0 Å². The molecule has 0 aliphatic heterocycles. The van der Waals surface area contributed by atoms with E-state index < -0.39 is 4.92 Å². The molecule has 1 aromatic rings. The highest BCUT2D eigenvalue weighted by atomic mass is 16.6. The Morgan fingerprint density at radius 2 is 1.94 bits per heavy atom. The van der Waals surface area contributed by atoms with Crippen LogP contribution in [0.3, 0.4) is 0 Å². The van der Waals surface area contributed by atoms with E-state index >= 15 is 0 Å². The Kier molecular flexibility index (Phi) is 6.38. The third-order valence-electron chi connectivity index (χ3n) is 2.44. The molecule has 0 radical (unpaired) electrons. The van der Waals surface area contributed by atoms with E-state index in [0.717, 1.165) is 6.42 Å². The SMILES string of the molecule is CCCCCCN=NNc1ccc([N+](=O)[O-])cc1. The van der Waals surface area contributed by atoms with Crippen LogP contribution >= 0.6 is 0 Å². The summed E-state index contributed by atoms with van der Waals surface area (Å²) in [7, 11) is 0. The highest BCUT2D eigenvalue weighted by Gasteiger charge is 2.02. The Morgan fingerprint density at radius 3 is 2.56 bits per heavy atom. The van der Waals surface area contributed by atoms with Crippen molar-refractivity contribution in [3.63, 3.8) is 0 Å². The summed E-state index contributed by atoms with van der Waals surface area (Å²) in [5.74, 6) is 0. The molecule has 18 heavy (non-hydrogen) atoms. The smallest absolute Gasteiger partial charge is 0.260 e. The van der Waals surface area contributed by atoms with Gasteiger partial charge in [0.1, 0.15) is 0 Å². The van der Waals surface area contributed by atoms with Gasteiger partial charge in [-0.2, -0.15) is 5.11 Å². The third-order valence-corrected chi connectivity index (χ3v) is 2.44. The molecular formula is C12H18N4O2. The number of hydrogen-bond donors (Lipinski definition) is 1. The van der Waals surface area contributed by atoms with Crippen molar-refractivity contribution in [2.45, 2.75) is 32.6 Å². The maximum Gasteiger partial charge on any atom is 0.269 e. The van der Waals surface area contributed by atoms with Gasteiger partial charge in [-0.05, 0) is 18.6 Å². The molecule has 0 heterocycles. The molecular weight excluding hydrogens is 232 g/mol. The quantitative estimate of drug-likeness (QED) is 0.328. The average Bonchev–Trinajstić information content (AvgIpc) is 2.38. The first-order valence-corrected chi connectivity index (χ1v) is 6.11. The lowest BCUT2D eigenvalue weighted by molar-refractivity contribution is -0.384. The Labute approximate surface area is 106 Å². The molecule has 6 heteroatoms. The van der Waals surface area contributed by atoms with Gasteiger partial charge < -0.3 is 0 Å². The molecule has 0 bridgehead atoms. The Morgan fingerprint density at radius 1 is 1.22 bits per heavy atom. The Balaban J connectivity index is 2.26. The van der Waals surface area contributed by atoms with Gasteiger partial charge in [0.2, 0.25) is 0 Å². The second kappa shape index (κ2) is 8.16. The van der Waals surface area contributed by atoms with Crippen molar-refractivity contribution in [3.05, 3.63) is 34.4 Å². The van der Waals surface area contributed by atoms with Crippen molar-refractivity contribution < 1.29 is 4.92 Å². The first-order valence-electron chi connectivity index (χ1n) is 6.11. The van der Waals surface area contributed by atoms with Gasteiger partial charge in [0, 0.05) is 12.1 Å². The number of nitro benzene ring substituents is 1. The zero-order chi connectivity index (χ0) is 13.2. The van der Waals surface area contributed by atoms with E-state index in [0.29, 0.717) is 12.2 Å². The Hall–Kier alpha value is -1.98. The van der Waals surface area contributed by atoms with Gasteiger partial charge in [-0.1, -0.05) is 31.4 Å². The molecule has 0 atom stereocenters. The molecule has 6 nitrogen and oxygen atoms in total. The monoisotopic (exact) mass is 250 g/mol. The fourth-order valence-corrected chi connectivity index (χ4v) is 1.41. The topological polar surface area (TPSA) is 79.9 Å². The minimum absolute atomic E-state index is 0.0667. The molecule has 1 aromatic carbocycles. The highest BCUT2D eigenvalue weighted by Crippen LogP contribution is 2.15. The molecule has 1 rings (SSSR count). The first kappa shape index (κ1) is 14.1. The number of anilines is 1. The van der Waals surface area contributed by atoms with Crippen molar-refractivity contribution >= 4 is 11.4 Å². The standard InChI is InChI=1S/C12H18N4O2/c1-2-3-4-5-10-13-15-14-11-6-8-12(9-7-11)16(17)18/h6-9H,2-5,10H2,1H3,(H,13,14). The van der Waals surface area contributed by atoms with Gasteiger partial charge in [0.15, 0.2) is 0 Å². The van der Waals surface area contributed by atoms with Crippen molar-refractivity contribution in [3.8, 4) is 0 Å². The molecule has 1 N–H and O–H groups in total. The second-order valence-corrected chi connectivity index (χ2v) is 3.94. The molecule has 0 unspecified atom stereocenters. The van der Waals surface area contributed by atoms with E-state index in [1.54, 1.807) is 12.1 Å². The molecule has 0 saturated heterocycles. The zero-order valence-corrected chi connectivity index (χ0v) is 10.5. The molecule has 0 spiro atoms. The van der Waals surface area contributed by atoms with E-state index in [2.05, 4.69) is 22.7 Å². The number of unbranched alkanes of at least 4 members (excludes halogenated alkanes) is 3. The predicted molar refractivity (Wildman–Crippen MR) is 70.6 cm³/mol. The summed E-state index contributed by atoms with van der Waals surface area (Å²) in [6, 6.07) is 6.07. The minimum Gasteiger partial charge on any atom is -0.260 e. The summed E-state index contributed by atoms with van der Waals surface area (Å²) in [6.07, 6.45) is 4.65. The third kappa shape index (κ3) is 5.38. The summed E-state index contributed by atoms with van der Waals surface area (Å²) < 4.78 is 0. The van der Waals surface area contributed by atoms with E-state index in [-0.39, 0.29) is 5.69 Å². The van der Waals surface area contributed by atoms with Crippen molar-refractivity contribution in [1.82, 2.24) is 0 Å². The fraction of sp³-hybridized carbons (Fsp3) is 0.500. The van der Waals surface area contributed by atoms with Gasteiger partial charge in [-0.25, -0.2) is 0 Å². The minimum atomic E-state index is -0.432. The number of hydrogen-bond acceptors (Lipinski definition) is 4. The van der Waals surface area contributed by atoms with Gasteiger partial charge in [-0.3, -0.25) is 15.5 Å². The number of rotatable bonds is 8. The zero-order valence-electron chi connectivity index (χ0n) is 10.5. The van der Waals surface area contributed by atoms with E-state index in [4.69, 9.17) is 0 Å². The van der Waals surface area contributed by atoms with Crippen LogP contribution in [0.1, 0.15) is 32.6 Å². The van der Waals surface area contributed by atoms with Crippen LogP contribution in [-0.4, -0.2) is 11.5 Å². The number of non-ortho nitro benzene ring substituents is 1. The van der Waals surface area contributed by atoms with Crippen molar-refractivity contribution in [2.75, 3.05) is 12.0 Å². The Bertz CT molecular complexity index is 390. The van der Waals surface area contributed by atoms with Gasteiger partial charge in [-0.15, -0.1) is 0 Å². The number of nitrogens with one attached hydrogen (secondary N) is 1. The number of nitro groups is 1. The van der Waals surface area contributed by atoms with Crippen LogP contribution in [0.25, 0.3) is 0 Å². The van der Waals surface area contributed by atoms with E-state index in [1.165, 1.54) is 31.4 Å². The van der Waals surface area contributed by atoms with Crippen molar-refractivity contribution in [2.24, 2.45) is 10.3 Å². The largest absolute Gasteiger partial charge is 0.269 e. The van der Waals surface area contributed by atoms with Crippen LogP contribution in [0.5, 0.6) is 0 Å². The lowest BCUT2D eigenvalue weighted by atomic mass is 10.2. The summed E-state index contributed by atoms with van der Waals surface area (Å²) in [4.78, 5) is 10.0. The lowest BCUT2D eigenvalue weighted by Crippen LogP contribution is -1.90. The van der Waals surface area contributed by atoms with Crippen LogP contribution in [0, 0.1) is 10.1 Å². The molecule has 0 amide bonds. The van der Waals surface area contributed by atoms with E-state index in [1.807, 2.05) is 0 Å². The lowest BCUT2D eigenvalue weighted by Gasteiger charge is -1.98. The maximum absolute atomic E-state index is 10.4. The van der Waals surface area contributed by atoms with Crippen LogP contribution in [-0.2, 0) is 0 Å². The van der Waals surface area contributed by atoms with Crippen LogP contribution < -0.4 is 5.43 Å². The van der Waals surface area contributed by atoms with Crippen LogP contribution in [0.15, 0.2) is 34.6 Å². The molecule has 0 saturated carbocycles. The van der Waals surface area contributed by atoms with Crippen LogP contribution in [0.4, 0.5) is 11.4 Å². The average molecular weight is 250 g/mol. The van der Waals surface area contributed by atoms with Gasteiger partial charge in [0.25, 0.3) is 5.69 Å². The maximum atomic E-state index is 10.4. The normalized spacial score (nSPS) is 10.7. The molecule has 0 fully saturated rings. The summed E-state index contributed by atoms with van der Waals surface area (Å²) in [6.45, 7) is 2.87. The molecule has 0 aliphatic rings. The summed E-state index contributed by atoms with van der Waals surface area (Å²) >= 11 is 0. The fourth-order valence-electron chi connectivity index (χ4n) is 1.41.